The lowest BCUT2D eigenvalue weighted by molar-refractivity contribution is -0.115. The highest BCUT2D eigenvalue weighted by Crippen LogP contribution is 2.41. The van der Waals surface area contributed by atoms with Crippen LogP contribution in [0.1, 0.15) is 33.6 Å². The molecule has 29 heavy (non-hydrogen) atoms. The second kappa shape index (κ2) is 8.19. The Morgan fingerprint density at radius 2 is 1.41 bits per heavy atom. The number of benzene rings is 2. The second-order valence-corrected chi connectivity index (χ2v) is 13.6. The van der Waals surface area contributed by atoms with E-state index >= 15 is 0 Å². The first-order valence-corrected chi connectivity index (χ1v) is 12.6. The summed E-state index contributed by atoms with van der Waals surface area (Å²) in [5, 5.41) is 12.9. The molecule has 1 saturated heterocycles. The molecule has 1 fully saturated rings. The van der Waals surface area contributed by atoms with Gasteiger partial charge in [-0.05, 0) is 34.2 Å². The number of hydrogen-bond acceptors (Lipinski definition) is 3. The summed E-state index contributed by atoms with van der Waals surface area (Å²) < 4.78 is 13.0. The molecule has 0 bridgehead atoms. The van der Waals surface area contributed by atoms with E-state index < -0.39 is 14.6 Å². The number of fused-ring (bicyclic) bond motifs is 1. The molecular formula is C25H32O3Si. The number of allylic oxidation sites excluding steroid dienone is 2. The van der Waals surface area contributed by atoms with Crippen molar-refractivity contribution in [3.8, 4) is 0 Å². The van der Waals surface area contributed by atoms with Crippen LogP contribution in [0.5, 0.6) is 0 Å². The Hall–Kier alpha value is -1.72. The van der Waals surface area contributed by atoms with E-state index in [9.17, 15) is 5.11 Å². The van der Waals surface area contributed by atoms with Gasteiger partial charge in [0.25, 0.3) is 8.32 Å². The van der Waals surface area contributed by atoms with Crippen molar-refractivity contribution in [2.45, 2.75) is 51.0 Å². The van der Waals surface area contributed by atoms with Crippen LogP contribution in [0.4, 0.5) is 0 Å². The molecule has 0 spiro atoms. The van der Waals surface area contributed by atoms with Crippen molar-refractivity contribution < 1.29 is 14.3 Å². The van der Waals surface area contributed by atoms with Gasteiger partial charge in [0.2, 0.25) is 0 Å². The predicted molar refractivity (Wildman–Crippen MR) is 120 cm³/mol. The number of rotatable bonds is 5. The first kappa shape index (κ1) is 20.5. The lowest BCUT2D eigenvalue weighted by atomic mass is 9.82. The normalized spacial score (nSPS) is 27.0. The molecule has 154 valence electrons. The van der Waals surface area contributed by atoms with Crippen LogP contribution in [0.25, 0.3) is 0 Å². The Kier molecular flexibility index (Phi) is 5.80. The summed E-state index contributed by atoms with van der Waals surface area (Å²) in [6.07, 6.45) is 5.48. The van der Waals surface area contributed by atoms with Crippen LogP contribution >= 0.6 is 0 Å². The molecule has 2 aromatic rings. The number of ether oxygens (including phenoxy) is 1. The Morgan fingerprint density at radius 3 is 1.93 bits per heavy atom. The van der Waals surface area contributed by atoms with Crippen molar-refractivity contribution in [3.63, 3.8) is 0 Å². The first-order chi connectivity index (χ1) is 13.9. The molecule has 2 aromatic carbocycles. The zero-order valence-corrected chi connectivity index (χ0v) is 18.6. The molecular weight excluding hydrogens is 376 g/mol. The largest absolute Gasteiger partial charge is 0.405 e. The van der Waals surface area contributed by atoms with Crippen LogP contribution in [-0.4, -0.2) is 32.4 Å². The van der Waals surface area contributed by atoms with E-state index in [0.29, 0.717) is 12.5 Å². The maximum atomic E-state index is 10.4. The Balaban J connectivity index is 1.71. The molecule has 4 atom stereocenters. The lowest BCUT2D eigenvalue weighted by Crippen LogP contribution is -2.67. The van der Waals surface area contributed by atoms with Crippen molar-refractivity contribution in [2.24, 2.45) is 11.8 Å². The third-order valence-corrected chi connectivity index (χ3v) is 11.6. The van der Waals surface area contributed by atoms with Crippen LogP contribution < -0.4 is 10.4 Å². The molecule has 4 heteroatoms. The molecule has 1 aliphatic carbocycles. The van der Waals surface area contributed by atoms with Gasteiger partial charge in [-0.15, -0.1) is 0 Å². The molecule has 1 heterocycles. The number of aliphatic hydroxyl groups is 1. The van der Waals surface area contributed by atoms with Crippen molar-refractivity contribution in [3.05, 3.63) is 72.8 Å². The third kappa shape index (κ3) is 3.75. The quantitative estimate of drug-likeness (QED) is 0.603. The van der Waals surface area contributed by atoms with E-state index in [1.807, 2.05) is 0 Å². The summed E-state index contributed by atoms with van der Waals surface area (Å²) in [4.78, 5) is 0. The van der Waals surface area contributed by atoms with Crippen LogP contribution in [0, 0.1) is 11.8 Å². The summed E-state index contributed by atoms with van der Waals surface area (Å²) >= 11 is 0. The smallest absolute Gasteiger partial charge is 0.261 e. The van der Waals surface area contributed by atoms with E-state index in [1.54, 1.807) is 0 Å². The van der Waals surface area contributed by atoms with Gasteiger partial charge >= 0.3 is 0 Å². The molecule has 4 rings (SSSR count). The molecule has 0 amide bonds. The van der Waals surface area contributed by atoms with Gasteiger partial charge in [-0.25, -0.2) is 0 Å². The van der Waals surface area contributed by atoms with E-state index in [1.165, 1.54) is 10.4 Å². The van der Waals surface area contributed by atoms with Gasteiger partial charge in [-0.1, -0.05) is 93.6 Å². The maximum absolute atomic E-state index is 10.4. The highest BCUT2D eigenvalue weighted by molar-refractivity contribution is 6.99. The fourth-order valence-corrected chi connectivity index (χ4v) is 9.69. The molecule has 0 saturated carbocycles. The Labute approximate surface area is 175 Å². The standard InChI is InChI=1S/C25H32O3Si/c1-25(2,3)29(19-12-6-4-7-13-19,20-14-8-5-9-15-20)27-18-23-21-16-10-11-17-22(21)24(26)28-23/h4-15,21-24,26H,16-18H2,1-3H3/t21-,22+,23+,24+/m0/s1. The van der Waals surface area contributed by atoms with Crippen molar-refractivity contribution >= 4 is 18.7 Å². The summed E-state index contributed by atoms with van der Waals surface area (Å²) in [6.45, 7) is 7.38. The topological polar surface area (TPSA) is 38.7 Å². The van der Waals surface area contributed by atoms with E-state index in [0.717, 1.165) is 12.8 Å². The fourth-order valence-electron chi connectivity index (χ4n) is 5.12. The minimum Gasteiger partial charge on any atom is -0.405 e. The van der Waals surface area contributed by atoms with Gasteiger partial charge in [-0.2, -0.15) is 0 Å². The summed E-state index contributed by atoms with van der Waals surface area (Å²) in [5.41, 5.74) is 0. The first-order valence-electron chi connectivity index (χ1n) is 10.7. The van der Waals surface area contributed by atoms with Crippen LogP contribution in [0.15, 0.2) is 72.8 Å². The van der Waals surface area contributed by atoms with Crippen molar-refractivity contribution in [1.29, 1.82) is 0 Å². The van der Waals surface area contributed by atoms with Gasteiger partial charge < -0.3 is 14.3 Å². The SMILES string of the molecule is CC(C)(C)[Si](OC[C@H]1O[C@@H](O)[C@@H]2CC=CC[C@@H]21)(c1ccccc1)c1ccccc1. The van der Waals surface area contributed by atoms with Gasteiger partial charge in [0.15, 0.2) is 6.29 Å². The van der Waals surface area contributed by atoms with Gasteiger partial charge in [-0.3, -0.25) is 0 Å². The van der Waals surface area contributed by atoms with Gasteiger partial charge in [0, 0.05) is 5.92 Å². The molecule has 3 nitrogen and oxygen atoms in total. The molecule has 0 unspecified atom stereocenters. The van der Waals surface area contributed by atoms with Crippen LogP contribution in [0.2, 0.25) is 5.04 Å². The minimum atomic E-state index is -2.58. The molecule has 2 aliphatic rings. The zero-order valence-electron chi connectivity index (χ0n) is 17.6. The summed E-state index contributed by atoms with van der Waals surface area (Å²) in [5.74, 6) is 0.515. The van der Waals surface area contributed by atoms with E-state index in [4.69, 9.17) is 9.16 Å². The molecule has 0 aromatic heterocycles. The highest BCUT2D eigenvalue weighted by atomic mass is 28.4. The fraction of sp³-hybridized carbons (Fsp3) is 0.440. The monoisotopic (exact) mass is 408 g/mol. The number of hydrogen-bond donors (Lipinski definition) is 1. The summed E-state index contributed by atoms with van der Waals surface area (Å²) in [6, 6.07) is 21.4. The molecule has 0 radical (unpaired) electrons. The van der Waals surface area contributed by atoms with E-state index in [2.05, 4.69) is 93.6 Å². The second-order valence-electron chi connectivity index (χ2n) is 9.31. The molecule has 1 N–H and O–H groups in total. The average Bonchev–Trinajstić information content (AvgIpc) is 3.05. The van der Waals surface area contributed by atoms with Crippen molar-refractivity contribution in [2.75, 3.05) is 6.61 Å². The van der Waals surface area contributed by atoms with E-state index in [-0.39, 0.29) is 17.1 Å². The predicted octanol–water partition coefficient (Wildman–Crippen LogP) is 3.86. The van der Waals surface area contributed by atoms with Gasteiger partial charge in [0.05, 0.1) is 12.7 Å². The number of aliphatic hydroxyl groups excluding tert-OH is 1. The Bertz CT molecular complexity index is 789. The Morgan fingerprint density at radius 1 is 0.897 bits per heavy atom. The van der Waals surface area contributed by atoms with Gasteiger partial charge in [0.1, 0.15) is 0 Å². The van der Waals surface area contributed by atoms with Crippen LogP contribution in [-0.2, 0) is 9.16 Å². The van der Waals surface area contributed by atoms with Crippen molar-refractivity contribution in [1.82, 2.24) is 0 Å². The summed E-state index contributed by atoms with van der Waals surface area (Å²) in [7, 11) is -2.58. The zero-order chi connectivity index (χ0) is 20.5. The average molecular weight is 409 g/mol. The highest BCUT2D eigenvalue weighted by Gasteiger charge is 2.52. The van der Waals surface area contributed by atoms with Crippen LogP contribution in [0.3, 0.4) is 0 Å². The third-order valence-electron chi connectivity index (χ3n) is 6.57. The minimum absolute atomic E-state index is 0.0567. The maximum Gasteiger partial charge on any atom is 0.261 e. The lowest BCUT2D eigenvalue weighted by Gasteiger charge is -2.43. The molecule has 1 aliphatic heterocycles.